The Morgan fingerprint density at radius 2 is 1.86 bits per heavy atom. The Morgan fingerprint density at radius 3 is 2.59 bits per heavy atom. The van der Waals surface area contributed by atoms with E-state index in [1.165, 1.54) is 11.3 Å². The lowest BCUT2D eigenvalue weighted by Gasteiger charge is -2.08. The number of fused-ring (bicyclic) bond motifs is 1. The first kappa shape index (κ1) is 21.1. The van der Waals surface area contributed by atoms with Crippen molar-refractivity contribution < 1.29 is 19.1 Å². The highest BCUT2D eigenvalue weighted by molar-refractivity contribution is 7.21. The molecule has 0 spiro atoms. The lowest BCUT2D eigenvalue weighted by Crippen LogP contribution is -2.32. The van der Waals surface area contributed by atoms with Crippen molar-refractivity contribution in [1.29, 1.82) is 0 Å². The van der Waals surface area contributed by atoms with E-state index in [0.29, 0.717) is 20.6 Å². The number of esters is 1. The van der Waals surface area contributed by atoms with E-state index in [1.807, 2.05) is 31.2 Å². The van der Waals surface area contributed by atoms with Gasteiger partial charge in [0.15, 0.2) is 6.61 Å². The number of nitrogens with one attached hydrogen (secondary N) is 2. The van der Waals surface area contributed by atoms with Gasteiger partial charge >= 0.3 is 5.97 Å². The number of hydrogen-bond acceptors (Lipinski definition) is 5. The quantitative estimate of drug-likeness (QED) is 0.544. The van der Waals surface area contributed by atoms with Gasteiger partial charge in [0.05, 0.1) is 5.02 Å². The summed E-state index contributed by atoms with van der Waals surface area (Å²) in [4.78, 5) is 36.3. The molecule has 0 fully saturated rings. The normalized spacial score (nSPS) is 10.6. The average molecular weight is 451 g/mol. The molecule has 0 saturated carbocycles. The summed E-state index contributed by atoms with van der Waals surface area (Å²) in [5.41, 5.74) is 1.37. The van der Waals surface area contributed by atoms with Crippen molar-refractivity contribution in [2.45, 2.75) is 6.92 Å². The highest BCUT2D eigenvalue weighted by Gasteiger charge is 2.18. The molecule has 3 rings (SSSR count). The van der Waals surface area contributed by atoms with Gasteiger partial charge in [-0.1, -0.05) is 47.5 Å². The molecule has 2 N–H and O–H groups in total. The van der Waals surface area contributed by atoms with Crippen molar-refractivity contribution in [2.75, 3.05) is 18.5 Å². The number of halogens is 2. The van der Waals surface area contributed by atoms with Gasteiger partial charge in [0.2, 0.25) is 0 Å². The van der Waals surface area contributed by atoms with Crippen LogP contribution in [-0.2, 0) is 14.3 Å². The van der Waals surface area contributed by atoms with E-state index in [1.54, 1.807) is 18.2 Å². The molecule has 0 aliphatic rings. The van der Waals surface area contributed by atoms with Gasteiger partial charge in [0, 0.05) is 20.8 Å². The number of amides is 2. The summed E-state index contributed by atoms with van der Waals surface area (Å²) in [7, 11) is 0. The van der Waals surface area contributed by atoms with Gasteiger partial charge in [-0.05, 0) is 30.7 Å². The Balaban J connectivity index is 1.47. The number of benzene rings is 2. The van der Waals surface area contributed by atoms with Crippen molar-refractivity contribution in [3.8, 4) is 0 Å². The predicted molar refractivity (Wildman–Crippen MR) is 115 cm³/mol. The molecule has 29 heavy (non-hydrogen) atoms. The van der Waals surface area contributed by atoms with E-state index in [0.717, 1.165) is 15.6 Å². The second kappa shape index (κ2) is 9.26. The van der Waals surface area contributed by atoms with Crippen LogP contribution in [0.4, 0.5) is 5.69 Å². The molecule has 0 atom stereocenters. The van der Waals surface area contributed by atoms with Gasteiger partial charge in [0.25, 0.3) is 11.8 Å². The first-order valence-corrected chi connectivity index (χ1v) is 10.1. The van der Waals surface area contributed by atoms with E-state index in [9.17, 15) is 14.4 Å². The molecule has 9 heteroatoms. The molecule has 0 aliphatic carbocycles. The first-order valence-electron chi connectivity index (χ1n) is 8.52. The monoisotopic (exact) mass is 450 g/mol. The highest BCUT2D eigenvalue weighted by Crippen LogP contribution is 2.34. The zero-order valence-electron chi connectivity index (χ0n) is 15.3. The van der Waals surface area contributed by atoms with Crippen molar-refractivity contribution in [3.05, 3.63) is 63.0 Å². The van der Waals surface area contributed by atoms with Crippen LogP contribution >= 0.6 is 34.5 Å². The minimum Gasteiger partial charge on any atom is -0.454 e. The number of aryl methyl sites for hydroxylation is 1. The Hall–Kier alpha value is -2.61. The molecule has 0 bridgehead atoms. The van der Waals surface area contributed by atoms with Crippen molar-refractivity contribution in [3.63, 3.8) is 0 Å². The summed E-state index contributed by atoms with van der Waals surface area (Å²) in [5, 5.41) is 6.66. The van der Waals surface area contributed by atoms with E-state index in [-0.39, 0.29) is 6.54 Å². The molecule has 2 amide bonds. The molecule has 2 aromatic carbocycles. The van der Waals surface area contributed by atoms with Gasteiger partial charge in [0.1, 0.15) is 11.4 Å². The Bertz CT molecular complexity index is 1100. The van der Waals surface area contributed by atoms with Crippen molar-refractivity contribution in [1.82, 2.24) is 5.32 Å². The van der Waals surface area contributed by atoms with Gasteiger partial charge in [-0.15, -0.1) is 11.3 Å². The zero-order chi connectivity index (χ0) is 21.0. The van der Waals surface area contributed by atoms with Gasteiger partial charge in [-0.25, -0.2) is 0 Å². The lowest BCUT2D eigenvalue weighted by atomic mass is 10.2. The van der Waals surface area contributed by atoms with Crippen LogP contribution in [0.2, 0.25) is 10.0 Å². The molecule has 150 valence electrons. The third kappa shape index (κ3) is 5.26. The van der Waals surface area contributed by atoms with E-state index in [2.05, 4.69) is 10.6 Å². The second-order valence-electron chi connectivity index (χ2n) is 6.10. The maximum absolute atomic E-state index is 12.3. The van der Waals surface area contributed by atoms with E-state index in [4.69, 9.17) is 27.9 Å². The van der Waals surface area contributed by atoms with Crippen LogP contribution < -0.4 is 10.6 Å². The van der Waals surface area contributed by atoms with Gasteiger partial charge < -0.3 is 15.4 Å². The summed E-state index contributed by atoms with van der Waals surface area (Å²) in [6, 6.07) is 12.4. The molecular weight excluding hydrogens is 435 g/mol. The number of rotatable bonds is 6. The SMILES string of the molecule is Cc1ccc(NC(=O)COC(=O)CNC(=O)c2sc3ccccc3c2Cl)cc1Cl. The molecule has 3 aromatic rings. The number of carbonyl (C=O) groups excluding carboxylic acids is 3. The Kier molecular flexibility index (Phi) is 6.74. The molecule has 6 nitrogen and oxygen atoms in total. The van der Waals surface area contributed by atoms with E-state index >= 15 is 0 Å². The van der Waals surface area contributed by atoms with Gasteiger partial charge in [-0.3, -0.25) is 14.4 Å². The average Bonchev–Trinajstić information content (AvgIpc) is 3.04. The van der Waals surface area contributed by atoms with Crippen LogP contribution in [0.25, 0.3) is 10.1 Å². The molecule has 0 radical (unpaired) electrons. The zero-order valence-corrected chi connectivity index (χ0v) is 17.6. The lowest BCUT2D eigenvalue weighted by molar-refractivity contribution is -0.146. The number of anilines is 1. The number of thiophene rings is 1. The smallest absolute Gasteiger partial charge is 0.325 e. The summed E-state index contributed by atoms with van der Waals surface area (Å²) in [5.74, 6) is -1.74. The molecule has 0 saturated heterocycles. The standard InChI is InChI=1S/C20H16Cl2N2O4S/c1-11-6-7-12(8-14(11)21)24-16(25)10-28-17(26)9-23-20(27)19-18(22)13-4-2-3-5-15(13)29-19/h2-8H,9-10H2,1H3,(H,23,27)(H,24,25). The molecule has 0 aliphatic heterocycles. The molecule has 1 heterocycles. The summed E-state index contributed by atoms with van der Waals surface area (Å²) >= 11 is 13.5. The minimum atomic E-state index is -0.743. The fourth-order valence-electron chi connectivity index (χ4n) is 2.46. The molecule has 0 unspecified atom stereocenters. The highest BCUT2D eigenvalue weighted by atomic mass is 35.5. The fraction of sp³-hybridized carbons (Fsp3) is 0.150. The van der Waals surface area contributed by atoms with Crippen LogP contribution in [0.1, 0.15) is 15.2 Å². The predicted octanol–water partition coefficient (Wildman–Crippen LogP) is 4.43. The van der Waals surface area contributed by atoms with Crippen LogP contribution in [-0.4, -0.2) is 30.9 Å². The first-order chi connectivity index (χ1) is 13.8. The van der Waals surface area contributed by atoms with Crippen molar-refractivity contribution in [2.24, 2.45) is 0 Å². The Morgan fingerprint density at radius 1 is 1.10 bits per heavy atom. The maximum Gasteiger partial charge on any atom is 0.325 e. The largest absolute Gasteiger partial charge is 0.454 e. The van der Waals surface area contributed by atoms with Crippen LogP contribution in [0.5, 0.6) is 0 Å². The van der Waals surface area contributed by atoms with Gasteiger partial charge in [-0.2, -0.15) is 0 Å². The third-order valence-corrected chi connectivity index (χ3v) is 6.04. The van der Waals surface area contributed by atoms with E-state index < -0.39 is 24.4 Å². The topological polar surface area (TPSA) is 84.5 Å². The third-order valence-electron chi connectivity index (χ3n) is 3.95. The summed E-state index contributed by atoms with van der Waals surface area (Å²) in [6.45, 7) is 0.979. The maximum atomic E-state index is 12.3. The Labute approximate surface area is 180 Å². The summed E-state index contributed by atoms with van der Waals surface area (Å²) in [6.07, 6.45) is 0. The van der Waals surface area contributed by atoms with Crippen LogP contribution in [0.3, 0.4) is 0 Å². The molecule has 1 aromatic heterocycles. The fourth-order valence-corrected chi connectivity index (χ4v) is 4.07. The summed E-state index contributed by atoms with van der Waals surface area (Å²) < 4.78 is 5.75. The van der Waals surface area contributed by atoms with Crippen LogP contribution in [0, 0.1) is 6.92 Å². The number of hydrogen-bond donors (Lipinski definition) is 2. The number of ether oxygens (including phenoxy) is 1. The number of carbonyl (C=O) groups is 3. The van der Waals surface area contributed by atoms with Crippen molar-refractivity contribution >= 4 is 68.1 Å². The van der Waals surface area contributed by atoms with Crippen LogP contribution in [0.15, 0.2) is 42.5 Å². The second-order valence-corrected chi connectivity index (χ2v) is 7.93. The minimum absolute atomic E-state index is 0.314. The molecular formula is C20H16Cl2N2O4S.